The largest absolute Gasteiger partial charge is 0.466 e. The lowest BCUT2D eigenvalue weighted by Gasteiger charge is -2.30. The Bertz CT molecular complexity index is 296. The van der Waals surface area contributed by atoms with Crippen molar-refractivity contribution in [1.29, 1.82) is 0 Å². The number of likely N-dealkylation sites (N-methyl/N-ethyl adjacent to an activating group) is 1. The van der Waals surface area contributed by atoms with E-state index in [-0.39, 0.29) is 18.3 Å². The minimum Gasteiger partial charge on any atom is -0.466 e. The van der Waals surface area contributed by atoms with Crippen molar-refractivity contribution in [3.8, 4) is 0 Å². The van der Waals surface area contributed by atoms with Crippen LogP contribution in [0.2, 0.25) is 0 Å². The highest BCUT2D eigenvalue weighted by atomic mass is 16.5. The monoisotopic (exact) mass is 272 g/mol. The Kier molecular flexibility index (Phi) is 7.68. The number of rotatable bonds is 7. The van der Waals surface area contributed by atoms with Crippen molar-refractivity contribution >= 4 is 11.9 Å². The van der Waals surface area contributed by atoms with Crippen LogP contribution in [0.1, 0.15) is 34.1 Å². The first-order valence-corrected chi connectivity index (χ1v) is 6.78. The van der Waals surface area contributed by atoms with Gasteiger partial charge in [-0.3, -0.25) is 9.59 Å². The number of hydrogen-bond acceptors (Lipinski definition) is 4. The molecule has 0 saturated heterocycles. The third-order valence-electron chi connectivity index (χ3n) is 2.64. The van der Waals surface area contributed by atoms with Crippen molar-refractivity contribution < 1.29 is 14.3 Å². The molecule has 0 saturated carbocycles. The van der Waals surface area contributed by atoms with Gasteiger partial charge in [-0.05, 0) is 21.0 Å². The van der Waals surface area contributed by atoms with Gasteiger partial charge in [0.25, 0.3) is 0 Å². The molecular formula is C14H28N2O3. The molecule has 0 aliphatic rings. The van der Waals surface area contributed by atoms with Crippen LogP contribution in [0, 0.1) is 5.41 Å². The molecule has 0 unspecified atom stereocenters. The smallest absolute Gasteiger partial charge is 0.307 e. The van der Waals surface area contributed by atoms with Gasteiger partial charge >= 0.3 is 5.97 Å². The van der Waals surface area contributed by atoms with Crippen molar-refractivity contribution in [3.63, 3.8) is 0 Å². The molecule has 5 nitrogen and oxygen atoms in total. The van der Waals surface area contributed by atoms with Crippen molar-refractivity contribution in [1.82, 2.24) is 9.80 Å². The van der Waals surface area contributed by atoms with Crippen LogP contribution in [-0.2, 0) is 14.3 Å². The molecule has 0 bridgehead atoms. The van der Waals surface area contributed by atoms with Crippen LogP contribution in [0.25, 0.3) is 0 Å². The van der Waals surface area contributed by atoms with Gasteiger partial charge in [0.1, 0.15) is 0 Å². The van der Waals surface area contributed by atoms with Crippen LogP contribution >= 0.6 is 0 Å². The molecule has 0 radical (unpaired) electrons. The van der Waals surface area contributed by atoms with Gasteiger partial charge in [0.15, 0.2) is 0 Å². The van der Waals surface area contributed by atoms with E-state index in [1.807, 2.05) is 39.8 Å². The van der Waals surface area contributed by atoms with Crippen molar-refractivity contribution in [2.45, 2.75) is 34.1 Å². The van der Waals surface area contributed by atoms with Crippen LogP contribution in [0.15, 0.2) is 0 Å². The first-order chi connectivity index (χ1) is 8.68. The molecule has 0 aromatic carbocycles. The van der Waals surface area contributed by atoms with Gasteiger partial charge in [0, 0.05) is 25.0 Å². The summed E-state index contributed by atoms with van der Waals surface area (Å²) in [6.07, 6.45) is 0.253. The third-order valence-corrected chi connectivity index (χ3v) is 2.64. The summed E-state index contributed by atoms with van der Waals surface area (Å²) in [5.74, 6) is -0.183. The molecule has 0 atom stereocenters. The highest BCUT2D eigenvalue weighted by molar-refractivity contribution is 5.82. The fraction of sp³-hybridized carbons (Fsp3) is 0.857. The molecule has 0 aliphatic carbocycles. The molecule has 0 aromatic heterocycles. The van der Waals surface area contributed by atoms with Gasteiger partial charge in [0.05, 0.1) is 13.0 Å². The highest BCUT2D eigenvalue weighted by Crippen LogP contribution is 2.17. The molecule has 0 aliphatic heterocycles. The molecular weight excluding hydrogens is 244 g/mol. The molecule has 0 spiro atoms. The van der Waals surface area contributed by atoms with Gasteiger partial charge in [0.2, 0.25) is 5.91 Å². The zero-order valence-corrected chi connectivity index (χ0v) is 13.2. The zero-order chi connectivity index (χ0) is 15.1. The molecule has 0 fully saturated rings. The number of carbonyl (C=O) groups is 2. The number of ether oxygens (including phenoxy) is 1. The van der Waals surface area contributed by atoms with E-state index in [9.17, 15) is 9.59 Å². The van der Waals surface area contributed by atoms with Gasteiger partial charge in [-0.15, -0.1) is 0 Å². The SMILES string of the molecule is CCOC(=O)CCN(CCN(C)C)C(=O)C(C)(C)C. The summed E-state index contributed by atoms with van der Waals surface area (Å²) in [6.45, 7) is 9.66. The molecule has 1 amide bonds. The molecule has 19 heavy (non-hydrogen) atoms. The van der Waals surface area contributed by atoms with Crippen LogP contribution in [0.5, 0.6) is 0 Å². The Balaban J connectivity index is 4.50. The number of carbonyl (C=O) groups excluding carboxylic acids is 2. The van der Waals surface area contributed by atoms with E-state index < -0.39 is 5.41 Å². The van der Waals surface area contributed by atoms with E-state index in [1.54, 1.807) is 11.8 Å². The predicted molar refractivity (Wildman–Crippen MR) is 75.8 cm³/mol. The quantitative estimate of drug-likeness (QED) is 0.657. The number of hydrogen-bond donors (Lipinski definition) is 0. The topological polar surface area (TPSA) is 49.9 Å². The summed E-state index contributed by atoms with van der Waals surface area (Å²) in [5, 5.41) is 0. The van der Waals surface area contributed by atoms with E-state index in [1.165, 1.54) is 0 Å². The first kappa shape index (κ1) is 17.9. The van der Waals surface area contributed by atoms with Gasteiger partial charge in [-0.25, -0.2) is 0 Å². The van der Waals surface area contributed by atoms with Crippen LogP contribution < -0.4 is 0 Å². The average Bonchev–Trinajstić information content (AvgIpc) is 2.27. The Morgan fingerprint density at radius 2 is 1.63 bits per heavy atom. The van der Waals surface area contributed by atoms with Crippen molar-refractivity contribution in [2.75, 3.05) is 40.3 Å². The van der Waals surface area contributed by atoms with Crippen LogP contribution in [0.4, 0.5) is 0 Å². The van der Waals surface area contributed by atoms with E-state index in [4.69, 9.17) is 4.74 Å². The summed E-state index contributed by atoms with van der Waals surface area (Å²) in [5.41, 5.74) is -0.430. The second kappa shape index (κ2) is 8.15. The summed E-state index contributed by atoms with van der Waals surface area (Å²) in [7, 11) is 3.93. The molecule has 0 aromatic rings. The second-order valence-corrected chi connectivity index (χ2v) is 5.90. The fourth-order valence-electron chi connectivity index (χ4n) is 1.57. The predicted octanol–water partition coefficient (Wildman–Crippen LogP) is 1.38. The fourth-order valence-corrected chi connectivity index (χ4v) is 1.57. The number of esters is 1. The van der Waals surface area contributed by atoms with E-state index >= 15 is 0 Å². The van der Waals surface area contributed by atoms with Crippen LogP contribution in [-0.4, -0.2) is 62.0 Å². The maximum Gasteiger partial charge on any atom is 0.307 e. The van der Waals surface area contributed by atoms with E-state index in [0.717, 1.165) is 6.54 Å². The number of amides is 1. The van der Waals surface area contributed by atoms with E-state index in [0.29, 0.717) is 19.7 Å². The minimum absolute atomic E-state index is 0.0682. The summed E-state index contributed by atoms with van der Waals surface area (Å²) in [6, 6.07) is 0. The van der Waals surface area contributed by atoms with Crippen LogP contribution in [0.3, 0.4) is 0 Å². The van der Waals surface area contributed by atoms with Crippen molar-refractivity contribution in [3.05, 3.63) is 0 Å². The molecule has 5 heteroatoms. The Labute approximate surface area is 116 Å². The average molecular weight is 272 g/mol. The molecule has 0 rings (SSSR count). The zero-order valence-electron chi connectivity index (χ0n) is 13.2. The maximum absolute atomic E-state index is 12.3. The van der Waals surface area contributed by atoms with Gasteiger partial charge in [-0.1, -0.05) is 20.8 Å². The molecule has 112 valence electrons. The lowest BCUT2D eigenvalue weighted by atomic mass is 9.94. The minimum atomic E-state index is -0.430. The molecule has 0 N–H and O–H groups in total. The van der Waals surface area contributed by atoms with Gasteiger partial charge in [-0.2, -0.15) is 0 Å². The van der Waals surface area contributed by atoms with Gasteiger partial charge < -0.3 is 14.5 Å². The molecule has 0 heterocycles. The standard InChI is InChI=1S/C14H28N2O3/c1-7-19-12(17)8-9-16(11-10-15(5)6)13(18)14(2,3)4/h7-11H2,1-6H3. The second-order valence-electron chi connectivity index (χ2n) is 5.90. The Morgan fingerprint density at radius 3 is 2.05 bits per heavy atom. The summed E-state index contributed by atoms with van der Waals surface area (Å²) < 4.78 is 4.90. The van der Waals surface area contributed by atoms with E-state index in [2.05, 4.69) is 0 Å². The highest BCUT2D eigenvalue weighted by Gasteiger charge is 2.27. The lowest BCUT2D eigenvalue weighted by molar-refractivity contribution is -0.145. The first-order valence-electron chi connectivity index (χ1n) is 6.78. The summed E-state index contributed by atoms with van der Waals surface area (Å²) >= 11 is 0. The summed E-state index contributed by atoms with van der Waals surface area (Å²) in [4.78, 5) is 27.5. The Hall–Kier alpha value is -1.10. The normalized spacial score (nSPS) is 11.5. The third kappa shape index (κ3) is 7.82. The maximum atomic E-state index is 12.3. The number of nitrogens with zero attached hydrogens (tertiary/aromatic N) is 2. The Morgan fingerprint density at radius 1 is 1.05 bits per heavy atom. The van der Waals surface area contributed by atoms with Crippen molar-refractivity contribution in [2.24, 2.45) is 5.41 Å². The lowest BCUT2D eigenvalue weighted by Crippen LogP contribution is -2.43.